The minimum atomic E-state index is -0.392. The van der Waals surface area contributed by atoms with E-state index in [-0.39, 0.29) is 11.9 Å². The molecule has 0 unspecified atom stereocenters. The second kappa shape index (κ2) is 8.17. The summed E-state index contributed by atoms with van der Waals surface area (Å²) in [6.45, 7) is 3.55. The highest BCUT2D eigenvalue weighted by molar-refractivity contribution is 5.81. The average Bonchev–Trinajstić information content (AvgIpc) is 3.03. The van der Waals surface area contributed by atoms with Crippen LogP contribution in [0.1, 0.15) is 24.8 Å². The zero-order valence-electron chi connectivity index (χ0n) is 15.1. The van der Waals surface area contributed by atoms with Crippen LogP contribution in [0.2, 0.25) is 0 Å². The Kier molecular flexibility index (Phi) is 5.93. The SMILES string of the molecule is CNC(=O)[C@@H]1C[C@@H](O)CN1C1CCN(Cc2cccc(OC)c2)CC1. The number of hydrogen-bond donors (Lipinski definition) is 2. The van der Waals surface area contributed by atoms with Crippen LogP contribution in [-0.4, -0.2) is 72.8 Å². The summed E-state index contributed by atoms with van der Waals surface area (Å²) >= 11 is 0. The number of aliphatic hydroxyl groups is 1. The number of likely N-dealkylation sites (tertiary alicyclic amines) is 2. The number of carbonyl (C=O) groups is 1. The molecule has 6 heteroatoms. The van der Waals surface area contributed by atoms with Gasteiger partial charge in [0.15, 0.2) is 0 Å². The molecule has 2 heterocycles. The molecular weight excluding hydrogens is 318 g/mol. The minimum absolute atomic E-state index is 0.0235. The largest absolute Gasteiger partial charge is 0.497 e. The van der Waals surface area contributed by atoms with Gasteiger partial charge in [-0.3, -0.25) is 14.6 Å². The van der Waals surface area contributed by atoms with Gasteiger partial charge in [0.1, 0.15) is 5.75 Å². The van der Waals surface area contributed by atoms with Gasteiger partial charge in [-0.25, -0.2) is 0 Å². The van der Waals surface area contributed by atoms with E-state index >= 15 is 0 Å². The quantitative estimate of drug-likeness (QED) is 0.826. The van der Waals surface area contributed by atoms with E-state index in [1.807, 2.05) is 12.1 Å². The first-order valence-corrected chi connectivity index (χ1v) is 9.11. The summed E-state index contributed by atoms with van der Waals surface area (Å²) in [6, 6.07) is 8.40. The number of hydrogen-bond acceptors (Lipinski definition) is 5. The van der Waals surface area contributed by atoms with Gasteiger partial charge in [0.05, 0.1) is 19.3 Å². The van der Waals surface area contributed by atoms with Crippen LogP contribution in [-0.2, 0) is 11.3 Å². The van der Waals surface area contributed by atoms with Gasteiger partial charge in [0.2, 0.25) is 5.91 Å². The van der Waals surface area contributed by atoms with Crippen molar-refractivity contribution in [3.63, 3.8) is 0 Å². The second-order valence-electron chi connectivity index (χ2n) is 7.08. The van der Waals surface area contributed by atoms with Gasteiger partial charge < -0.3 is 15.2 Å². The first-order chi connectivity index (χ1) is 12.1. The predicted molar refractivity (Wildman–Crippen MR) is 96.5 cm³/mol. The van der Waals surface area contributed by atoms with Crippen molar-refractivity contribution in [3.05, 3.63) is 29.8 Å². The zero-order chi connectivity index (χ0) is 17.8. The van der Waals surface area contributed by atoms with Gasteiger partial charge in [0.25, 0.3) is 0 Å². The van der Waals surface area contributed by atoms with Gasteiger partial charge in [0, 0.05) is 26.2 Å². The molecule has 2 atom stereocenters. The Bertz CT molecular complexity index is 587. The Morgan fingerprint density at radius 1 is 1.36 bits per heavy atom. The van der Waals surface area contributed by atoms with Crippen molar-refractivity contribution in [2.45, 2.75) is 44.0 Å². The van der Waals surface area contributed by atoms with Gasteiger partial charge in [-0.15, -0.1) is 0 Å². The number of benzene rings is 1. The lowest BCUT2D eigenvalue weighted by Crippen LogP contribution is -2.50. The highest BCUT2D eigenvalue weighted by Crippen LogP contribution is 2.27. The standard InChI is InChI=1S/C19H29N3O3/c1-20-19(24)18-11-16(23)13-22(18)15-6-8-21(9-7-15)12-14-4-3-5-17(10-14)25-2/h3-5,10,15-16,18,23H,6-9,11-13H2,1-2H3,(H,20,24)/t16-,18+/m1/s1. The van der Waals surface area contributed by atoms with E-state index in [0.717, 1.165) is 38.2 Å². The third kappa shape index (κ3) is 4.32. The van der Waals surface area contributed by atoms with E-state index in [0.29, 0.717) is 19.0 Å². The maximum Gasteiger partial charge on any atom is 0.237 e. The van der Waals surface area contributed by atoms with E-state index in [2.05, 4.69) is 27.2 Å². The molecule has 2 saturated heterocycles. The summed E-state index contributed by atoms with van der Waals surface area (Å²) in [7, 11) is 3.36. The lowest BCUT2D eigenvalue weighted by atomic mass is 10.0. The van der Waals surface area contributed by atoms with Crippen LogP contribution in [0.3, 0.4) is 0 Å². The molecule has 2 N–H and O–H groups in total. The molecule has 1 amide bonds. The average molecular weight is 347 g/mol. The minimum Gasteiger partial charge on any atom is -0.497 e. The van der Waals surface area contributed by atoms with Gasteiger partial charge in [-0.1, -0.05) is 12.1 Å². The summed E-state index contributed by atoms with van der Waals surface area (Å²) in [5.74, 6) is 0.919. The molecule has 6 nitrogen and oxygen atoms in total. The van der Waals surface area contributed by atoms with Gasteiger partial charge in [-0.2, -0.15) is 0 Å². The van der Waals surface area contributed by atoms with Crippen LogP contribution < -0.4 is 10.1 Å². The first kappa shape index (κ1) is 18.2. The molecule has 25 heavy (non-hydrogen) atoms. The summed E-state index contributed by atoms with van der Waals surface area (Å²) in [5, 5.41) is 12.7. The first-order valence-electron chi connectivity index (χ1n) is 9.11. The topological polar surface area (TPSA) is 65.0 Å². The van der Waals surface area contributed by atoms with Crippen LogP contribution in [0, 0.1) is 0 Å². The van der Waals surface area contributed by atoms with Gasteiger partial charge >= 0.3 is 0 Å². The fourth-order valence-corrected chi connectivity index (χ4v) is 4.10. The normalized spacial score (nSPS) is 25.9. The van der Waals surface area contributed by atoms with E-state index in [1.165, 1.54) is 5.56 Å². The summed E-state index contributed by atoms with van der Waals surface area (Å²) in [5.41, 5.74) is 1.26. The molecule has 1 aromatic carbocycles. The van der Waals surface area contributed by atoms with Crippen molar-refractivity contribution in [1.82, 2.24) is 15.1 Å². The molecule has 3 rings (SSSR count). The highest BCUT2D eigenvalue weighted by Gasteiger charge is 2.40. The van der Waals surface area contributed by atoms with Gasteiger partial charge in [-0.05, 0) is 50.0 Å². The molecule has 0 spiro atoms. The molecular formula is C19H29N3O3. The Labute approximate surface area is 149 Å². The number of ether oxygens (including phenoxy) is 1. The molecule has 0 saturated carbocycles. The fraction of sp³-hybridized carbons (Fsp3) is 0.632. The number of rotatable bonds is 5. The van der Waals surface area contributed by atoms with Crippen LogP contribution in [0.5, 0.6) is 5.75 Å². The molecule has 2 fully saturated rings. The van der Waals surface area contributed by atoms with E-state index in [4.69, 9.17) is 4.74 Å². The number of methoxy groups -OCH3 is 1. The Balaban J connectivity index is 1.55. The van der Waals surface area contributed by atoms with E-state index in [9.17, 15) is 9.90 Å². The number of piperidine rings is 1. The van der Waals surface area contributed by atoms with Crippen molar-refractivity contribution in [2.24, 2.45) is 0 Å². The maximum absolute atomic E-state index is 12.1. The number of β-amino-alcohol motifs (C(OH)–C–C–N with tert-alkyl or cyclic N) is 1. The van der Waals surface area contributed by atoms with Crippen molar-refractivity contribution in [2.75, 3.05) is 33.8 Å². The third-order valence-electron chi connectivity index (χ3n) is 5.43. The molecule has 0 aliphatic carbocycles. The summed E-state index contributed by atoms with van der Waals surface area (Å²) in [4.78, 5) is 16.8. The number of nitrogens with one attached hydrogen (secondary N) is 1. The summed E-state index contributed by atoms with van der Waals surface area (Å²) in [6.07, 6.45) is 2.22. The Morgan fingerprint density at radius 3 is 2.80 bits per heavy atom. The molecule has 0 aromatic heterocycles. The monoisotopic (exact) mass is 347 g/mol. The summed E-state index contributed by atoms with van der Waals surface area (Å²) < 4.78 is 5.30. The lowest BCUT2D eigenvalue weighted by molar-refractivity contribution is -0.126. The number of likely N-dealkylation sites (N-methyl/N-ethyl adjacent to an activating group) is 1. The van der Waals surface area contributed by atoms with E-state index in [1.54, 1.807) is 14.2 Å². The van der Waals surface area contributed by atoms with Crippen molar-refractivity contribution in [3.8, 4) is 5.75 Å². The predicted octanol–water partition coefficient (Wildman–Crippen LogP) is 0.841. The van der Waals surface area contributed by atoms with Crippen molar-refractivity contribution in [1.29, 1.82) is 0 Å². The maximum atomic E-state index is 12.1. The highest BCUT2D eigenvalue weighted by atomic mass is 16.5. The number of carbonyl (C=O) groups excluding carboxylic acids is 1. The number of nitrogens with zero attached hydrogens (tertiary/aromatic N) is 2. The second-order valence-corrected chi connectivity index (χ2v) is 7.08. The molecule has 2 aliphatic heterocycles. The van der Waals surface area contributed by atoms with Crippen molar-refractivity contribution < 1.29 is 14.6 Å². The third-order valence-corrected chi connectivity index (χ3v) is 5.43. The Morgan fingerprint density at radius 2 is 2.12 bits per heavy atom. The fourth-order valence-electron chi connectivity index (χ4n) is 4.10. The molecule has 1 aromatic rings. The van der Waals surface area contributed by atoms with Crippen LogP contribution >= 0.6 is 0 Å². The van der Waals surface area contributed by atoms with Crippen LogP contribution in [0.4, 0.5) is 0 Å². The molecule has 2 aliphatic rings. The van der Waals surface area contributed by atoms with Crippen molar-refractivity contribution >= 4 is 5.91 Å². The lowest BCUT2D eigenvalue weighted by Gasteiger charge is -2.38. The van der Waals surface area contributed by atoms with E-state index < -0.39 is 6.10 Å². The van der Waals surface area contributed by atoms with Crippen LogP contribution in [0.15, 0.2) is 24.3 Å². The molecule has 0 bridgehead atoms. The Hall–Kier alpha value is -1.63. The number of amides is 1. The number of aliphatic hydroxyl groups excluding tert-OH is 1. The smallest absolute Gasteiger partial charge is 0.237 e. The molecule has 0 radical (unpaired) electrons. The molecule has 138 valence electrons. The zero-order valence-corrected chi connectivity index (χ0v) is 15.1. The van der Waals surface area contributed by atoms with Crippen LogP contribution in [0.25, 0.3) is 0 Å².